The van der Waals surface area contributed by atoms with Crippen LogP contribution < -0.4 is 11.1 Å². The minimum atomic E-state index is -0.712. The molecule has 3 N–H and O–H groups in total. The van der Waals surface area contributed by atoms with Crippen molar-refractivity contribution in [1.82, 2.24) is 20.1 Å². The summed E-state index contributed by atoms with van der Waals surface area (Å²) in [5.41, 5.74) is 5.45. The van der Waals surface area contributed by atoms with E-state index in [-0.39, 0.29) is 29.7 Å². The Balaban J connectivity index is 1.62. The zero-order valence-corrected chi connectivity index (χ0v) is 18.0. The van der Waals surface area contributed by atoms with Crippen LogP contribution in [0.5, 0.6) is 0 Å². The van der Waals surface area contributed by atoms with Gasteiger partial charge < -0.3 is 20.4 Å². The highest BCUT2D eigenvalue weighted by molar-refractivity contribution is 7.99. The monoisotopic (exact) mass is 453 g/mol. The first-order valence-electron chi connectivity index (χ1n) is 10.0. The molecule has 2 atom stereocenters. The van der Waals surface area contributed by atoms with Crippen LogP contribution in [-0.4, -0.2) is 45.0 Å². The van der Waals surface area contributed by atoms with Gasteiger partial charge in [-0.1, -0.05) is 17.8 Å². The van der Waals surface area contributed by atoms with Gasteiger partial charge in [-0.2, -0.15) is 0 Å². The zero-order valence-electron chi connectivity index (χ0n) is 17.1. The number of nitrogens with one attached hydrogen (secondary N) is 1. The number of carbonyl (C=O) groups excluding carboxylic acids is 2. The Labute approximate surface area is 182 Å². The zero-order chi connectivity index (χ0) is 22.4. The molecule has 0 spiro atoms. The number of hydrogen-bond acceptors (Lipinski definition) is 6. The Hall–Kier alpha value is -2.53. The summed E-state index contributed by atoms with van der Waals surface area (Å²) < 4.78 is 34.6. The van der Waals surface area contributed by atoms with Gasteiger partial charge >= 0.3 is 0 Å². The molecule has 1 aliphatic heterocycles. The van der Waals surface area contributed by atoms with Crippen molar-refractivity contribution in [3.8, 4) is 0 Å². The summed E-state index contributed by atoms with van der Waals surface area (Å²) in [4.78, 5) is 23.5. The second kappa shape index (κ2) is 10.7. The van der Waals surface area contributed by atoms with Crippen LogP contribution >= 0.6 is 11.8 Å². The average Bonchev–Trinajstić information content (AvgIpc) is 3.35. The molecule has 2 heterocycles. The predicted octanol–water partition coefficient (Wildman–Crippen LogP) is 2.12. The number of hydrogen-bond donors (Lipinski definition) is 2. The Morgan fingerprint density at radius 3 is 2.87 bits per heavy atom. The van der Waals surface area contributed by atoms with Crippen molar-refractivity contribution in [3.63, 3.8) is 0 Å². The molecule has 2 amide bonds. The third kappa shape index (κ3) is 6.47. The summed E-state index contributed by atoms with van der Waals surface area (Å²) in [6.07, 6.45) is 2.42. The quantitative estimate of drug-likeness (QED) is 0.533. The summed E-state index contributed by atoms with van der Waals surface area (Å²) in [5, 5.41) is 11.5. The van der Waals surface area contributed by atoms with Gasteiger partial charge in [0.05, 0.1) is 24.4 Å². The summed E-state index contributed by atoms with van der Waals surface area (Å²) in [7, 11) is 0. The van der Waals surface area contributed by atoms with E-state index in [1.54, 1.807) is 6.92 Å². The number of carbonyl (C=O) groups is 2. The number of amides is 2. The fourth-order valence-corrected chi connectivity index (χ4v) is 4.14. The highest BCUT2D eigenvalue weighted by Crippen LogP contribution is 2.23. The third-order valence-corrected chi connectivity index (χ3v) is 5.90. The number of thioether (sulfide) groups is 1. The molecule has 8 nitrogen and oxygen atoms in total. The number of aromatic nitrogens is 3. The Bertz CT molecular complexity index is 934. The van der Waals surface area contributed by atoms with E-state index >= 15 is 0 Å². The van der Waals surface area contributed by atoms with Gasteiger partial charge in [0.1, 0.15) is 17.5 Å². The fourth-order valence-electron chi connectivity index (χ4n) is 3.36. The largest absolute Gasteiger partial charge is 0.376 e. The maximum Gasteiger partial charge on any atom is 0.230 e. The maximum absolute atomic E-state index is 13.9. The van der Waals surface area contributed by atoms with Gasteiger partial charge in [-0.25, -0.2) is 8.78 Å². The first-order valence-corrected chi connectivity index (χ1v) is 11.0. The van der Waals surface area contributed by atoms with Crippen LogP contribution in [0, 0.1) is 11.6 Å². The Morgan fingerprint density at radius 1 is 1.39 bits per heavy atom. The molecule has 0 radical (unpaired) electrons. The third-order valence-electron chi connectivity index (χ3n) is 4.94. The minimum Gasteiger partial charge on any atom is -0.376 e. The van der Waals surface area contributed by atoms with Gasteiger partial charge in [-0.05, 0) is 25.8 Å². The molecular weight excluding hydrogens is 428 g/mol. The van der Waals surface area contributed by atoms with Crippen LogP contribution in [-0.2, 0) is 27.3 Å². The smallest absolute Gasteiger partial charge is 0.230 e. The molecule has 0 aliphatic carbocycles. The number of nitrogens with zero attached hydrogens (tertiary/aromatic N) is 3. The molecule has 1 saturated heterocycles. The van der Waals surface area contributed by atoms with Gasteiger partial charge in [-0.15, -0.1) is 10.2 Å². The van der Waals surface area contributed by atoms with Gasteiger partial charge in [0.2, 0.25) is 11.8 Å². The van der Waals surface area contributed by atoms with Crippen molar-refractivity contribution >= 4 is 23.6 Å². The van der Waals surface area contributed by atoms with Crippen LogP contribution in [0.15, 0.2) is 23.4 Å². The molecule has 1 aromatic carbocycles. The van der Waals surface area contributed by atoms with E-state index in [1.165, 1.54) is 17.8 Å². The fraction of sp³-hybridized carbons (Fsp3) is 0.500. The predicted molar refractivity (Wildman–Crippen MR) is 110 cm³/mol. The molecule has 1 aromatic heterocycles. The molecule has 0 bridgehead atoms. The highest BCUT2D eigenvalue weighted by Gasteiger charge is 2.22. The molecule has 11 heteroatoms. The molecule has 1 fully saturated rings. The van der Waals surface area contributed by atoms with Crippen LogP contribution in [0.1, 0.15) is 43.6 Å². The molecule has 2 unspecified atom stereocenters. The molecule has 3 rings (SSSR count). The van der Waals surface area contributed by atoms with Crippen molar-refractivity contribution in [2.75, 3.05) is 12.4 Å². The van der Waals surface area contributed by atoms with Crippen molar-refractivity contribution in [1.29, 1.82) is 0 Å². The second-order valence-electron chi connectivity index (χ2n) is 7.35. The average molecular weight is 454 g/mol. The van der Waals surface area contributed by atoms with Crippen LogP contribution in [0.3, 0.4) is 0 Å². The summed E-state index contributed by atoms with van der Waals surface area (Å²) in [6.45, 7) is 2.86. The Morgan fingerprint density at radius 2 is 2.19 bits per heavy atom. The second-order valence-corrected chi connectivity index (χ2v) is 8.30. The molecule has 168 valence electrons. The van der Waals surface area contributed by atoms with Crippen molar-refractivity contribution in [2.24, 2.45) is 5.73 Å². The number of halogens is 2. The normalized spacial score (nSPS) is 16.9. The van der Waals surface area contributed by atoms with E-state index in [1.807, 2.05) is 4.57 Å². The van der Waals surface area contributed by atoms with Gasteiger partial charge in [0.25, 0.3) is 0 Å². The molecule has 0 saturated carbocycles. The number of benzene rings is 1. The lowest BCUT2D eigenvalue weighted by Gasteiger charge is -2.16. The van der Waals surface area contributed by atoms with E-state index < -0.39 is 23.6 Å². The number of nitrogens with two attached hydrogens (primary N) is 1. The first kappa shape index (κ1) is 23.1. The lowest BCUT2D eigenvalue weighted by atomic mass is 10.1. The summed E-state index contributed by atoms with van der Waals surface area (Å²) in [5.74, 6) is -1.50. The molecule has 2 aromatic rings. The first-order chi connectivity index (χ1) is 14.8. The number of aryl methyl sites for hydroxylation is 1. The van der Waals surface area contributed by atoms with E-state index in [2.05, 4.69) is 15.5 Å². The number of rotatable bonds is 10. The topological polar surface area (TPSA) is 112 Å². The number of primary amides is 1. The summed E-state index contributed by atoms with van der Waals surface area (Å²) in [6, 6.07) is 2.63. The lowest BCUT2D eigenvalue weighted by molar-refractivity contribution is -0.119. The van der Waals surface area contributed by atoms with Crippen molar-refractivity contribution in [3.05, 3.63) is 41.2 Å². The van der Waals surface area contributed by atoms with E-state index in [0.717, 1.165) is 25.0 Å². The van der Waals surface area contributed by atoms with E-state index in [4.69, 9.17) is 10.5 Å². The van der Waals surface area contributed by atoms with E-state index in [0.29, 0.717) is 30.6 Å². The minimum absolute atomic E-state index is 0.0259. The maximum atomic E-state index is 13.9. The highest BCUT2D eigenvalue weighted by atomic mass is 32.2. The van der Waals surface area contributed by atoms with Crippen molar-refractivity contribution < 1.29 is 23.1 Å². The Kier molecular flexibility index (Phi) is 7.97. The van der Waals surface area contributed by atoms with Gasteiger partial charge in [-0.3, -0.25) is 9.59 Å². The van der Waals surface area contributed by atoms with Gasteiger partial charge in [0.15, 0.2) is 5.16 Å². The van der Waals surface area contributed by atoms with Crippen molar-refractivity contribution in [2.45, 2.75) is 56.5 Å². The lowest BCUT2D eigenvalue weighted by Crippen LogP contribution is -2.29. The summed E-state index contributed by atoms with van der Waals surface area (Å²) >= 11 is 1.19. The van der Waals surface area contributed by atoms with E-state index in [9.17, 15) is 18.4 Å². The molecular formula is C20H25F2N5O3S. The SMILES string of the molecule is CC(NC(=O)CSc1nnc(CCC(N)=O)n1CC1CCCO1)c1ccc(F)cc1F. The molecule has 1 aliphatic rings. The van der Waals surface area contributed by atoms with Gasteiger partial charge in [0, 0.05) is 31.1 Å². The van der Waals surface area contributed by atoms with Crippen LogP contribution in [0.25, 0.3) is 0 Å². The molecule has 31 heavy (non-hydrogen) atoms. The number of ether oxygens (including phenoxy) is 1. The standard InChI is InChI=1S/C20H25F2N5O3S/c1-12(15-5-4-13(21)9-16(15)22)24-19(29)11-31-20-26-25-18(7-6-17(23)28)27(20)10-14-3-2-8-30-14/h4-5,9,12,14H,2-3,6-8,10-11H2,1H3,(H2,23,28)(H,24,29). The van der Waals surface area contributed by atoms with Crippen LogP contribution in [0.2, 0.25) is 0 Å². The van der Waals surface area contributed by atoms with Crippen LogP contribution in [0.4, 0.5) is 8.78 Å².